The van der Waals surface area contributed by atoms with Gasteiger partial charge in [0.25, 0.3) is 0 Å². The Hall–Kier alpha value is -3.53. The van der Waals surface area contributed by atoms with Gasteiger partial charge in [-0.1, -0.05) is 18.3 Å². The topological polar surface area (TPSA) is 122 Å². The molecule has 0 spiro atoms. The number of amides is 1. The number of ether oxygens (including phenoxy) is 1. The summed E-state index contributed by atoms with van der Waals surface area (Å²) in [5.74, 6) is 0.613. The molecule has 0 aromatic carbocycles. The number of hydrogen-bond donors (Lipinski definition) is 3. The normalized spacial score (nSPS) is 14.2. The third kappa shape index (κ3) is 6.24. The number of pyridine rings is 2. The van der Waals surface area contributed by atoms with Gasteiger partial charge in [0, 0.05) is 24.6 Å². The Kier molecular flexibility index (Phi) is 7.04. The number of Topliss-reactive ketones (excluding diaryl/α,β-unsaturated/α-hetero) is 1. The Morgan fingerprint density at radius 1 is 1.22 bits per heavy atom. The van der Waals surface area contributed by atoms with E-state index in [2.05, 4.69) is 20.6 Å². The Morgan fingerprint density at radius 2 is 2.00 bits per heavy atom. The summed E-state index contributed by atoms with van der Waals surface area (Å²) < 4.78 is 5.44. The monoisotopic (exact) mass is 454 g/mol. The highest BCUT2D eigenvalue weighted by atomic mass is 32.1. The zero-order chi connectivity index (χ0) is 23.3. The van der Waals surface area contributed by atoms with Gasteiger partial charge in [0.15, 0.2) is 5.78 Å². The minimum absolute atomic E-state index is 0.137. The molecule has 168 valence electrons. The Labute approximate surface area is 192 Å². The number of rotatable bonds is 5. The van der Waals surface area contributed by atoms with Gasteiger partial charge < -0.3 is 21.1 Å². The second-order valence-corrected chi connectivity index (χ2v) is 8.63. The van der Waals surface area contributed by atoms with Crippen LogP contribution in [0.2, 0.25) is 0 Å². The number of anilines is 2. The summed E-state index contributed by atoms with van der Waals surface area (Å²) in [6, 6.07) is 8.88. The summed E-state index contributed by atoms with van der Waals surface area (Å²) in [6.45, 7) is 5.69. The molecule has 9 nitrogen and oxygen atoms in total. The predicted octanol–water partition coefficient (Wildman–Crippen LogP) is 2.66. The molecule has 3 rings (SSSR count). The van der Waals surface area contributed by atoms with Crippen LogP contribution in [0.25, 0.3) is 0 Å². The van der Waals surface area contributed by atoms with Gasteiger partial charge in [-0.15, -0.1) is 0 Å². The second-order valence-electron chi connectivity index (χ2n) is 8.22. The fraction of sp³-hybridized carbons (Fsp3) is 0.318. The van der Waals surface area contributed by atoms with Crippen molar-refractivity contribution in [1.29, 1.82) is 0 Å². The number of hydrogen-bond acceptors (Lipinski definition) is 8. The number of nitrogens with zero attached hydrogens (tertiary/aromatic N) is 3. The van der Waals surface area contributed by atoms with Crippen LogP contribution < -0.4 is 16.4 Å². The molecule has 32 heavy (non-hydrogen) atoms. The zero-order valence-corrected chi connectivity index (χ0v) is 19.0. The van der Waals surface area contributed by atoms with E-state index in [4.69, 9.17) is 22.7 Å². The van der Waals surface area contributed by atoms with Crippen molar-refractivity contribution in [3.8, 4) is 0 Å². The molecule has 0 bridgehead atoms. The molecule has 2 aromatic heterocycles. The van der Waals surface area contributed by atoms with E-state index >= 15 is 0 Å². The first-order valence-corrected chi connectivity index (χ1v) is 10.4. The molecule has 0 radical (unpaired) electrons. The van der Waals surface area contributed by atoms with Crippen LogP contribution in [0.3, 0.4) is 0 Å². The van der Waals surface area contributed by atoms with Gasteiger partial charge in [0.1, 0.15) is 22.2 Å². The Bertz CT molecular complexity index is 1050. The molecule has 1 aliphatic rings. The van der Waals surface area contributed by atoms with Gasteiger partial charge in [-0.05, 0) is 50.6 Å². The fourth-order valence-corrected chi connectivity index (χ4v) is 3.38. The lowest BCUT2D eigenvalue weighted by Crippen LogP contribution is -2.48. The van der Waals surface area contributed by atoms with Crippen LogP contribution in [-0.2, 0) is 16.1 Å². The van der Waals surface area contributed by atoms with Crippen molar-refractivity contribution in [2.45, 2.75) is 32.9 Å². The SMILES string of the molecule is CC(C)(C)OC(=O)N1CC(=O)C(C(=S)Nc2ccccn2)=C(NCc2ccnc(N)c2)C1. The summed E-state index contributed by atoms with van der Waals surface area (Å²) in [4.78, 5) is 35.4. The molecule has 0 saturated heterocycles. The van der Waals surface area contributed by atoms with E-state index in [1.807, 2.05) is 12.1 Å². The van der Waals surface area contributed by atoms with Gasteiger partial charge >= 0.3 is 6.09 Å². The first-order valence-electron chi connectivity index (χ1n) is 10.0. The van der Waals surface area contributed by atoms with Crippen molar-refractivity contribution in [2.24, 2.45) is 0 Å². The van der Waals surface area contributed by atoms with Crippen molar-refractivity contribution in [2.75, 3.05) is 24.1 Å². The number of nitrogen functional groups attached to an aromatic ring is 1. The standard InChI is InChI=1S/C22H26N6O3S/c1-22(2,3)31-21(30)28-12-15(26-11-14-7-9-24-17(23)10-14)19(16(29)13-28)20(32)27-18-6-4-5-8-25-18/h4-10,26H,11-13H2,1-3H3,(H2,23,24)(H,25,27,32). The number of aromatic nitrogens is 2. The van der Waals surface area contributed by atoms with Gasteiger partial charge in [-0.2, -0.15) is 0 Å². The molecule has 10 heteroatoms. The third-order valence-electron chi connectivity index (χ3n) is 4.40. The van der Waals surface area contributed by atoms with Crippen molar-refractivity contribution in [3.63, 3.8) is 0 Å². The lowest BCUT2D eigenvalue weighted by Gasteiger charge is -2.32. The molecular weight excluding hydrogens is 428 g/mol. The number of nitrogens with two attached hydrogens (primary N) is 1. The van der Waals surface area contributed by atoms with Crippen LogP contribution in [-0.4, -0.2) is 50.4 Å². The van der Waals surface area contributed by atoms with Crippen LogP contribution >= 0.6 is 12.2 Å². The molecule has 0 aliphatic carbocycles. The minimum atomic E-state index is -0.678. The molecule has 2 aromatic rings. The minimum Gasteiger partial charge on any atom is -0.444 e. The molecule has 0 atom stereocenters. The maximum Gasteiger partial charge on any atom is 0.411 e. The molecular formula is C22H26N6O3S. The predicted molar refractivity (Wildman–Crippen MR) is 126 cm³/mol. The summed E-state index contributed by atoms with van der Waals surface area (Å²) in [5, 5.41) is 6.24. The number of ketones is 1. The highest BCUT2D eigenvalue weighted by molar-refractivity contribution is 7.81. The summed E-state index contributed by atoms with van der Waals surface area (Å²) >= 11 is 5.52. The molecule has 3 heterocycles. The second kappa shape index (κ2) is 9.73. The van der Waals surface area contributed by atoms with Crippen molar-refractivity contribution in [3.05, 3.63) is 59.6 Å². The average molecular weight is 455 g/mol. The lowest BCUT2D eigenvalue weighted by molar-refractivity contribution is -0.116. The van der Waals surface area contributed by atoms with Crippen LogP contribution in [0.1, 0.15) is 26.3 Å². The van der Waals surface area contributed by atoms with E-state index < -0.39 is 11.7 Å². The number of carbonyl (C=O) groups is 2. The van der Waals surface area contributed by atoms with Gasteiger partial charge in [0.2, 0.25) is 0 Å². The fourth-order valence-electron chi connectivity index (χ4n) is 3.04. The maximum atomic E-state index is 13.1. The quantitative estimate of drug-likeness (QED) is 0.585. The lowest BCUT2D eigenvalue weighted by atomic mass is 10.0. The summed E-state index contributed by atoms with van der Waals surface area (Å²) in [6.07, 6.45) is 2.66. The van der Waals surface area contributed by atoms with Crippen molar-refractivity contribution in [1.82, 2.24) is 20.2 Å². The van der Waals surface area contributed by atoms with Gasteiger partial charge in [-0.3, -0.25) is 9.69 Å². The van der Waals surface area contributed by atoms with Gasteiger partial charge in [0.05, 0.1) is 18.7 Å². The first-order chi connectivity index (χ1) is 15.1. The molecule has 1 amide bonds. The molecule has 0 saturated carbocycles. The average Bonchev–Trinajstić information content (AvgIpc) is 2.71. The zero-order valence-electron chi connectivity index (χ0n) is 18.2. The highest BCUT2D eigenvalue weighted by Crippen LogP contribution is 2.20. The van der Waals surface area contributed by atoms with E-state index in [1.165, 1.54) is 4.90 Å². The van der Waals surface area contributed by atoms with E-state index in [0.717, 1.165) is 5.56 Å². The third-order valence-corrected chi connectivity index (χ3v) is 4.71. The van der Waals surface area contributed by atoms with Crippen molar-refractivity contribution < 1.29 is 14.3 Å². The van der Waals surface area contributed by atoms with Crippen LogP contribution in [0.15, 0.2) is 54.0 Å². The summed E-state index contributed by atoms with van der Waals surface area (Å²) in [5.41, 5.74) is 6.77. The maximum absolute atomic E-state index is 13.1. The van der Waals surface area contributed by atoms with E-state index in [9.17, 15) is 9.59 Å². The van der Waals surface area contributed by atoms with E-state index in [1.54, 1.807) is 51.4 Å². The number of thiocarbonyl (C=S) groups is 1. The van der Waals surface area contributed by atoms with Gasteiger partial charge in [-0.25, -0.2) is 14.8 Å². The molecule has 0 fully saturated rings. The highest BCUT2D eigenvalue weighted by Gasteiger charge is 2.33. The Morgan fingerprint density at radius 3 is 2.66 bits per heavy atom. The molecule has 4 N–H and O–H groups in total. The number of nitrogens with one attached hydrogen (secondary N) is 2. The van der Waals surface area contributed by atoms with E-state index in [0.29, 0.717) is 29.5 Å². The first kappa shape index (κ1) is 23.1. The molecule has 1 aliphatic heterocycles. The van der Waals surface area contributed by atoms with E-state index in [-0.39, 0.29) is 23.9 Å². The van der Waals surface area contributed by atoms with Crippen LogP contribution in [0.4, 0.5) is 16.4 Å². The largest absolute Gasteiger partial charge is 0.444 e. The molecule has 0 unspecified atom stereocenters. The Balaban J connectivity index is 1.87. The number of carbonyl (C=O) groups excluding carboxylic acids is 2. The van der Waals surface area contributed by atoms with Crippen molar-refractivity contribution >= 4 is 40.7 Å². The smallest absolute Gasteiger partial charge is 0.411 e. The summed E-state index contributed by atoms with van der Waals surface area (Å²) in [7, 11) is 0. The van der Waals surface area contributed by atoms with Crippen LogP contribution in [0, 0.1) is 0 Å². The van der Waals surface area contributed by atoms with Crippen LogP contribution in [0.5, 0.6) is 0 Å².